The number of piperidine rings is 1. The van der Waals surface area contributed by atoms with E-state index >= 15 is 0 Å². The van der Waals surface area contributed by atoms with Crippen molar-refractivity contribution in [1.82, 2.24) is 10.6 Å². The molecular weight excluding hydrogens is 358 g/mol. The zero-order valence-electron chi connectivity index (χ0n) is 18.3. The van der Waals surface area contributed by atoms with Gasteiger partial charge in [-0.05, 0) is 54.5 Å². The topological polar surface area (TPSA) is 36.5 Å². The second kappa shape index (κ2) is 8.37. The second-order valence-corrected chi connectivity index (χ2v) is 9.21. The molecule has 4 rings (SSSR count). The predicted octanol–water partition coefficient (Wildman–Crippen LogP) is 4.40. The predicted molar refractivity (Wildman–Crippen MR) is 121 cm³/mol. The number of anilines is 1. The highest BCUT2D eigenvalue weighted by Gasteiger charge is 2.31. The Kier molecular flexibility index (Phi) is 5.84. The highest BCUT2D eigenvalue weighted by atomic mass is 16.5. The fourth-order valence-electron chi connectivity index (χ4n) is 4.86. The van der Waals surface area contributed by atoms with Gasteiger partial charge in [0.15, 0.2) is 0 Å². The normalized spacial score (nSPS) is 23.5. The third-order valence-electron chi connectivity index (χ3n) is 6.78. The largest absolute Gasteiger partial charge is 0.496 e. The molecule has 0 bridgehead atoms. The number of nitrogens with zero attached hydrogens (tertiary/aromatic N) is 1. The van der Waals surface area contributed by atoms with Crippen LogP contribution in [0.1, 0.15) is 55.8 Å². The maximum Gasteiger partial charge on any atom is 0.123 e. The molecule has 1 fully saturated rings. The molecule has 0 aromatic heterocycles. The van der Waals surface area contributed by atoms with Crippen LogP contribution < -0.4 is 20.3 Å². The van der Waals surface area contributed by atoms with Crippen molar-refractivity contribution < 1.29 is 4.74 Å². The lowest BCUT2D eigenvalue weighted by Gasteiger charge is -2.39. The summed E-state index contributed by atoms with van der Waals surface area (Å²) in [5.41, 5.74) is 5.54. The number of nitrogens with one attached hydrogen (secondary N) is 2. The molecule has 0 saturated carbocycles. The number of methoxy groups -OCH3 is 1. The summed E-state index contributed by atoms with van der Waals surface area (Å²) in [6, 6.07) is 16.2. The standard InChI is InChI=1S/C25H35N3O/c1-25(2)12-14-28(3)22-15-19(23(29-4)16-20(22)25)17-27-21-11-8-13-26-24(21)18-9-6-5-7-10-18/h5-7,9-10,15-16,21,24,26-27H,8,11-14,17H2,1-4H3. The first-order valence-corrected chi connectivity index (χ1v) is 10.9. The molecule has 0 radical (unpaired) electrons. The van der Waals surface area contributed by atoms with Gasteiger partial charge in [0.25, 0.3) is 0 Å². The van der Waals surface area contributed by atoms with Crippen LogP contribution in [-0.2, 0) is 12.0 Å². The minimum absolute atomic E-state index is 0.187. The summed E-state index contributed by atoms with van der Waals surface area (Å²) in [5, 5.41) is 7.56. The highest BCUT2D eigenvalue weighted by Crippen LogP contribution is 2.42. The van der Waals surface area contributed by atoms with Crippen LogP contribution in [-0.4, -0.2) is 33.3 Å². The highest BCUT2D eigenvalue weighted by molar-refractivity contribution is 5.63. The van der Waals surface area contributed by atoms with Gasteiger partial charge in [-0.2, -0.15) is 0 Å². The van der Waals surface area contributed by atoms with E-state index in [1.807, 2.05) is 0 Å². The number of hydrogen-bond donors (Lipinski definition) is 2. The van der Waals surface area contributed by atoms with Gasteiger partial charge in [-0.1, -0.05) is 44.2 Å². The Labute approximate surface area is 175 Å². The quantitative estimate of drug-likeness (QED) is 0.790. The molecule has 2 aliphatic rings. The monoisotopic (exact) mass is 393 g/mol. The van der Waals surface area contributed by atoms with Gasteiger partial charge in [0.1, 0.15) is 5.75 Å². The molecule has 2 atom stereocenters. The molecule has 29 heavy (non-hydrogen) atoms. The van der Waals surface area contributed by atoms with E-state index in [2.05, 4.69) is 78.9 Å². The van der Waals surface area contributed by atoms with Gasteiger partial charge in [-0.3, -0.25) is 0 Å². The van der Waals surface area contributed by atoms with Crippen molar-refractivity contribution in [3.05, 3.63) is 59.2 Å². The van der Waals surface area contributed by atoms with Crippen molar-refractivity contribution in [3.63, 3.8) is 0 Å². The van der Waals surface area contributed by atoms with Crippen molar-refractivity contribution in [1.29, 1.82) is 0 Å². The molecule has 4 nitrogen and oxygen atoms in total. The van der Waals surface area contributed by atoms with Crippen LogP contribution in [0.2, 0.25) is 0 Å². The summed E-state index contributed by atoms with van der Waals surface area (Å²) in [7, 11) is 3.99. The number of fused-ring (bicyclic) bond motifs is 1. The van der Waals surface area contributed by atoms with Crippen LogP contribution in [0.4, 0.5) is 5.69 Å². The maximum atomic E-state index is 5.82. The van der Waals surface area contributed by atoms with E-state index < -0.39 is 0 Å². The summed E-state index contributed by atoms with van der Waals surface area (Å²) in [6.07, 6.45) is 3.57. The van der Waals surface area contributed by atoms with Gasteiger partial charge >= 0.3 is 0 Å². The van der Waals surface area contributed by atoms with Crippen LogP contribution in [0.5, 0.6) is 5.75 Å². The molecule has 2 N–H and O–H groups in total. The Bertz CT molecular complexity index is 833. The van der Waals surface area contributed by atoms with Crippen molar-refractivity contribution in [2.75, 3.05) is 32.1 Å². The fraction of sp³-hybridized carbons (Fsp3) is 0.520. The van der Waals surface area contributed by atoms with Gasteiger partial charge in [0, 0.05) is 43.5 Å². The first-order valence-electron chi connectivity index (χ1n) is 10.9. The second-order valence-electron chi connectivity index (χ2n) is 9.21. The Balaban J connectivity index is 1.57. The minimum atomic E-state index is 0.187. The van der Waals surface area contributed by atoms with E-state index in [-0.39, 0.29) is 5.41 Å². The Morgan fingerprint density at radius 1 is 1.21 bits per heavy atom. The first-order chi connectivity index (χ1) is 14.0. The Morgan fingerprint density at radius 2 is 2.00 bits per heavy atom. The molecular formula is C25H35N3O. The van der Waals surface area contributed by atoms with Crippen molar-refractivity contribution >= 4 is 5.69 Å². The van der Waals surface area contributed by atoms with E-state index in [9.17, 15) is 0 Å². The average molecular weight is 394 g/mol. The molecule has 2 unspecified atom stereocenters. The molecule has 2 aromatic carbocycles. The molecule has 4 heteroatoms. The lowest BCUT2D eigenvalue weighted by molar-refractivity contribution is 0.302. The molecule has 2 aromatic rings. The number of rotatable bonds is 5. The molecule has 156 valence electrons. The molecule has 1 saturated heterocycles. The zero-order chi connectivity index (χ0) is 20.4. The van der Waals surface area contributed by atoms with Gasteiger partial charge in [-0.25, -0.2) is 0 Å². The molecule has 0 aliphatic carbocycles. The zero-order valence-corrected chi connectivity index (χ0v) is 18.3. The SMILES string of the molecule is COc1cc2c(cc1CNC1CCCNC1c1ccccc1)N(C)CCC2(C)C. The van der Waals surface area contributed by atoms with Gasteiger partial charge < -0.3 is 20.3 Å². The summed E-state index contributed by atoms with van der Waals surface area (Å²) in [4.78, 5) is 2.39. The average Bonchev–Trinajstić information content (AvgIpc) is 2.75. The van der Waals surface area contributed by atoms with Crippen LogP contribution >= 0.6 is 0 Å². The first kappa shape index (κ1) is 20.2. The summed E-state index contributed by atoms with van der Waals surface area (Å²) < 4.78 is 5.82. The summed E-state index contributed by atoms with van der Waals surface area (Å²) >= 11 is 0. The van der Waals surface area contributed by atoms with E-state index in [0.29, 0.717) is 12.1 Å². The van der Waals surface area contributed by atoms with Crippen molar-refractivity contribution in [2.24, 2.45) is 0 Å². The minimum Gasteiger partial charge on any atom is -0.496 e. The molecule has 0 spiro atoms. The van der Waals surface area contributed by atoms with E-state index in [1.165, 1.54) is 41.6 Å². The van der Waals surface area contributed by atoms with Crippen molar-refractivity contribution in [2.45, 2.75) is 57.2 Å². The lowest BCUT2D eigenvalue weighted by Crippen LogP contribution is -2.45. The van der Waals surface area contributed by atoms with Crippen molar-refractivity contribution in [3.8, 4) is 5.75 Å². The van der Waals surface area contributed by atoms with Gasteiger partial charge in [0.2, 0.25) is 0 Å². The number of hydrogen-bond acceptors (Lipinski definition) is 4. The lowest BCUT2D eigenvalue weighted by atomic mass is 9.77. The number of ether oxygens (including phenoxy) is 1. The Morgan fingerprint density at radius 3 is 2.76 bits per heavy atom. The van der Waals surface area contributed by atoms with E-state index in [0.717, 1.165) is 25.4 Å². The maximum absolute atomic E-state index is 5.82. The fourth-order valence-corrected chi connectivity index (χ4v) is 4.86. The summed E-state index contributed by atoms with van der Waals surface area (Å²) in [6.45, 7) is 7.69. The number of benzene rings is 2. The van der Waals surface area contributed by atoms with E-state index in [4.69, 9.17) is 4.74 Å². The van der Waals surface area contributed by atoms with Crippen LogP contribution in [0.3, 0.4) is 0 Å². The van der Waals surface area contributed by atoms with Crippen LogP contribution in [0.15, 0.2) is 42.5 Å². The van der Waals surface area contributed by atoms with E-state index in [1.54, 1.807) is 7.11 Å². The third-order valence-corrected chi connectivity index (χ3v) is 6.78. The third kappa shape index (κ3) is 4.15. The van der Waals surface area contributed by atoms with Gasteiger partial charge in [0.05, 0.1) is 7.11 Å². The Hall–Kier alpha value is -2.04. The van der Waals surface area contributed by atoms with Crippen LogP contribution in [0, 0.1) is 0 Å². The van der Waals surface area contributed by atoms with Gasteiger partial charge in [-0.15, -0.1) is 0 Å². The smallest absolute Gasteiger partial charge is 0.123 e. The van der Waals surface area contributed by atoms with Crippen LogP contribution in [0.25, 0.3) is 0 Å². The molecule has 0 amide bonds. The molecule has 2 aliphatic heterocycles. The summed E-state index contributed by atoms with van der Waals surface area (Å²) in [5.74, 6) is 1.000. The molecule has 2 heterocycles.